The van der Waals surface area contributed by atoms with Crippen molar-refractivity contribution in [3.8, 4) is 5.75 Å². The van der Waals surface area contributed by atoms with Crippen LogP contribution in [0.5, 0.6) is 5.75 Å². The molecule has 1 aromatic carbocycles. The number of furan rings is 1. The van der Waals surface area contributed by atoms with E-state index < -0.39 is 6.36 Å². The topological polar surface area (TPSA) is 83.8 Å². The normalized spacial score (nSPS) is 15.6. The number of rotatable bonds is 7. The summed E-state index contributed by atoms with van der Waals surface area (Å²) in [6, 6.07) is 8.50. The number of nitrogens with one attached hydrogen (secondary N) is 2. The Morgan fingerprint density at radius 3 is 2.43 bits per heavy atom. The van der Waals surface area contributed by atoms with E-state index >= 15 is 0 Å². The van der Waals surface area contributed by atoms with Gasteiger partial charge in [0, 0.05) is 11.6 Å². The van der Waals surface area contributed by atoms with Crippen molar-refractivity contribution in [1.29, 1.82) is 0 Å². The van der Waals surface area contributed by atoms with E-state index in [1.54, 1.807) is 18.4 Å². The lowest BCUT2D eigenvalue weighted by molar-refractivity contribution is -0.274. The summed E-state index contributed by atoms with van der Waals surface area (Å²) in [4.78, 5) is 26.4. The van der Waals surface area contributed by atoms with Crippen LogP contribution in [0, 0.1) is 5.92 Å². The molecule has 7 nitrogen and oxygen atoms in total. The van der Waals surface area contributed by atoms with Crippen LogP contribution in [0.3, 0.4) is 0 Å². The number of amides is 2. The van der Waals surface area contributed by atoms with E-state index in [1.165, 1.54) is 12.1 Å². The van der Waals surface area contributed by atoms with Gasteiger partial charge in [-0.3, -0.25) is 14.5 Å². The van der Waals surface area contributed by atoms with Crippen molar-refractivity contribution >= 4 is 17.5 Å². The van der Waals surface area contributed by atoms with Crippen LogP contribution in [-0.2, 0) is 16.1 Å². The van der Waals surface area contributed by atoms with Crippen molar-refractivity contribution < 1.29 is 31.9 Å². The van der Waals surface area contributed by atoms with Crippen molar-refractivity contribution in [2.24, 2.45) is 5.92 Å². The van der Waals surface area contributed by atoms with Gasteiger partial charge in [0.15, 0.2) is 0 Å². The Bertz CT molecular complexity index is 830. The van der Waals surface area contributed by atoms with Gasteiger partial charge < -0.3 is 19.8 Å². The lowest BCUT2D eigenvalue weighted by Gasteiger charge is -2.30. The summed E-state index contributed by atoms with van der Waals surface area (Å²) in [5.74, 6) is -0.0827. The van der Waals surface area contributed by atoms with Crippen molar-refractivity contribution in [3.63, 3.8) is 0 Å². The molecule has 2 heterocycles. The Kier molecular flexibility index (Phi) is 6.99. The van der Waals surface area contributed by atoms with Crippen LogP contribution in [0.4, 0.5) is 18.9 Å². The summed E-state index contributed by atoms with van der Waals surface area (Å²) in [6.07, 6.45) is -1.93. The van der Waals surface area contributed by atoms with Gasteiger partial charge in [-0.2, -0.15) is 0 Å². The summed E-state index contributed by atoms with van der Waals surface area (Å²) < 4.78 is 45.5. The molecule has 30 heavy (non-hydrogen) atoms. The lowest BCUT2D eigenvalue weighted by atomic mass is 9.96. The monoisotopic (exact) mass is 425 g/mol. The van der Waals surface area contributed by atoms with E-state index in [9.17, 15) is 22.8 Å². The molecule has 162 valence electrons. The lowest BCUT2D eigenvalue weighted by Crippen LogP contribution is -2.43. The smallest absolute Gasteiger partial charge is 0.467 e. The molecule has 0 spiro atoms. The van der Waals surface area contributed by atoms with Gasteiger partial charge in [0.05, 0.1) is 19.4 Å². The van der Waals surface area contributed by atoms with Gasteiger partial charge in [-0.15, -0.1) is 13.2 Å². The van der Waals surface area contributed by atoms with Crippen LogP contribution in [0.2, 0.25) is 0 Å². The number of alkyl halides is 3. The Balaban J connectivity index is 1.38. The third-order valence-corrected chi connectivity index (χ3v) is 4.71. The van der Waals surface area contributed by atoms with Gasteiger partial charge in [-0.1, -0.05) is 0 Å². The summed E-state index contributed by atoms with van der Waals surface area (Å²) in [5, 5.41) is 5.49. The van der Waals surface area contributed by atoms with Gasteiger partial charge in [-0.05, 0) is 62.3 Å². The first-order valence-electron chi connectivity index (χ1n) is 9.46. The highest BCUT2D eigenvalue weighted by molar-refractivity contribution is 5.92. The second-order valence-electron chi connectivity index (χ2n) is 6.97. The van der Waals surface area contributed by atoms with Crippen molar-refractivity contribution in [1.82, 2.24) is 10.2 Å². The number of carbonyl (C=O) groups excluding carboxylic acids is 2. The van der Waals surface area contributed by atoms with Crippen LogP contribution in [-0.4, -0.2) is 42.7 Å². The fourth-order valence-corrected chi connectivity index (χ4v) is 3.23. The molecule has 0 bridgehead atoms. The number of benzene rings is 1. The molecule has 10 heteroatoms. The first kappa shape index (κ1) is 21.7. The minimum Gasteiger partial charge on any atom is -0.467 e. The number of carbonyl (C=O) groups is 2. The molecular formula is C20H22F3N3O4. The van der Waals surface area contributed by atoms with E-state index in [0.717, 1.165) is 12.1 Å². The minimum atomic E-state index is -4.76. The van der Waals surface area contributed by atoms with Gasteiger partial charge >= 0.3 is 6.36 Å². The molecule has 0 aliphatic carbocycles. The van der Waals surface area contributed by atoms with Crippen molar-refractivity contribution in [3.05, 3.63) is 48.4 Å². The molecule has 1 aliphatic heterocycles. The fourth-order valence-electron chi connectivity index (χ4n) is 3.23. The van der Waals surface area contributed by atoms with E-state index in [1.807, 2.05) is 4.90 Å². The molecule has 0 radical (unpaired) electrons. The predicted molar refractivity (Wildman–Crippen MR) is 101 cm³/mol. The van der Waals surface area contributed by atoms with Crippen LogP contribution in [0.15, 0.2) is 47.1 Å². The van der Waals surface area contributed by atoms with E-state index in [2.05, 4.69) is 15.4 Å². The number of likely N-dealkylation sites (tertiary alicyclic amines) is 1. The number of nitrogens with zero attached hydrogens (tertiary/aromatic N) is 1. The van der Waals surface area contributed by atoms with Gasteiger partial charge in [0.1, 0.15) is 11.5 Å². The van der Waals surface area contributed by atoms with Crippen LogP contribution < -0.4 is 15.4 Å². The summed E-state index contributed by atoms with van der Waals surface area (Å²) in [7, 11) is 0. The molecule has 3 rings (SSSR count). The molecule has 2 amide bonds. The zero-order chi connectivity index (χ0) is 21.6. The average molecular weight is 425 g/mol. The van der Waals surface area contributed by atoms with Crippen molar-refractivity contribution in [2.45, 2.75) is 25.7 Å². The molecule has 2 aromatic rings. The van der Waals surface area contributed by atoms with E-state index in [4.69, 9.17) is 4.42 Å². The van der Waals surface area contributed by atoms with Gasteiger partial charge in [0.2, 0.25) is 11.8 Å². The SMILES string of the molecule is O=C(CN1CCC(C(=O)NCc2ccco2)CC1)Nc1ccc(OC(F)(F)F)cc1. The molecule has 1 fully saturated rings. The number of ether oxygens (including phenoxy) is 1. The maximum atomic E-state index is 12.2. The first-order chi connectivity index (χ1) is 14.3. The van der Waals surface area contributed by atoms with Gasteiger partial charge in [0.25, 0.3) is 0 Å². The molecule has 2 N–H and O–H groups in total. The molecule has 0 saturated carbocycles. The number of piperidine rings is 1. The highest BCUT2D eigenvalue weighted by atomic mass is 19.4. The van der Waals surface area contributed by atoms with Crippen molar-refractivity contribution in [2.75, 3.05) is 25.0 Å². The fraction of sp³-hybridized carbons (Fsp3) is 0.400. The Morgan fingerprint density at radius 2 is 1.83 bits per heavy atom. The zero-order valence-electron chi connectivity index (χ0n) is 16.1. The second kappa shape index (κ2) is 9.66. The predicted octanol–water partition coefficient (Wildman–Crippen LogP) is 3.15. The van der Waals surface area contributed by atoms with Crippen LogP contribution >= 0.6 is 0 Å². The zero-order valence-corrected chi connectivity index (χ0v) is 16.1. The quantitative estimate of drug-likeness (QED) is 0.712. The average Bonchev–Trinajstić information content (AvgIpc) is 3.21. The highest BCUT2D eigenvalue weighted by Crippen LogP contribution is 2.24. The highest BCUT2D eigenvalue weighted by Gasteiger charge is 2.31. The van der Waals surface area contributed by atoms with Crippen LogP contribution in [0.1, 0.15) is 18.6 Å². The number of anilines is 1. The Hall–Kier alpha value is -3.01. The number of hydrogen-bond donors (Lipinski definition) is 2. The molecule has 1 aromatic heterocycles. The number of hydrogen-bond acceptors (Lipinski definition) is 5. The van der Waals surface area contributed by atoms with E-state index in [-0.39, 0.29) is 30.0 Å². The Labute approximate surface area is 171 Å². The van der Waals surface area contributed by atoms with Crippen LogP contribution in [0.25, 0.3) is 0 Å². The maximum absolute atomic E-state index is 12.2. The third-order valence-electron chi connectivity index (χ3n) is 4.71. The largest absolute Gasteiger partial charge is 0.573 e. The van der Waals surface area contributed by atoms with Gasteiger partial charge in [-0.25, -0.2) is 0 Å². The summed E-state index contributed by atoms with van der Waals surface area (Å²) in [6.45, 7) is 1.69. The molecule has 1 saturated heterocycles. The standard InChI is InChI=1S/C20H22F3N3O4/c21-20(22,23)30-16-5-3-15(4-6-16)25-18(27)13-26-9-7-14(8-10-26)19(28)24-12-17-2-1-11-29-17/h1-6,11,14H,7-10,12-13H2,(H,24,28)(H,25,27). The molecular weight excluding hydrogens is 403 g/mol. The summed E-state index contributed by atoms with van der Waals surface area (Å²) >= 11 is 0. The second-order valence-corrected chi connectivity index (χ2v) is 6.97. The molecule has 0 atom stereocenters. The van der Waals surface area contributed by atoms with E-state index in [0.29, 0.717) is 43.9 Å². The molecule has 1 aliphatic rings. The minimum absolute atomic E-state index is 0.0309. The number of halogens is 3. The Morgan fingerprint density at radius 1 is 1.13 bits per heavy atom. The summed E-state index contributed by atoms with van der Waals surface area (Å²) in [5.41, 5.74) is 0.377. The third kappa shape index (κ3) is 6.80. The maximum Gasteiger partial charge on any atom is 0.573 e. The first-order valence-corrected chi connectivity index (χ1v) is 9.46. The molecule has 0 unspecified atom stereocenters.